The summed E-state index contributed by atoms with van der Waals surface area (Å²) in [6, 6.07) is 0. The van der Waals surface area contributed by atoms with E-state index < -0.39 is 0 Å². The number of hydrogen-bond acceptors (Lipinski definition) is 0. The summed E-state index contributed by atoms with van der Waals surface area (Å²) in [7, 11) is 6.86. The van der Waals surface area contributed by atoms with Crippen molar-refractivity contribution in [1.29, 1.82) is 0 Å². The van der Waals surface area contributed by atoms with Crippen molar-refractivity contribution in [3.8, 4) is 0 Å². The molecule has 1 heteroatoms. The van der Waals surface area contributed by atoms with Gasteiger partial charge in [-0.05, 0) is 12.8 Å². The Hall–Kier alpha value is -0.0400. The van der Waals surface area contributed by atoms with Crippen LogP contribution in [-0.2, 0) is 0 Å². The van der Waals surface area contributed by atoms with Crippen molar-refractivity contribution in [3.63, 3.8) is 0 Å². The first-order valence-corrected chi connectivity index (χ1v) is 7.36. The minimum absolute atomic E-state index is 0. The third-order valence-electron chi connectivity index (χ3n) is 3.18. The van der Waals surface area contributed by atoms with Crippen LogP contribution in [0.5, 0.6) is 0 Å². The average molecular weight is 244 g/mol. The van der Waals surface area contributed by atoms with Crippen LogP contribution in [0.25, 0.3) is 0 Å². The molecule has 1 nitrogen and oxygen atoms in total. The molecule has 0 saturated heterocycles. The fourth-order valence-corrected chi connectivity index (χ4v) is 2.07. The summed E-state index contributed by atoms with van der Waals surface area (Å²) in [4.78, 5) is 0. The highest BCUT2D eigenvalue weighted by Crippen LogP contribution is 2.10. The van der Waals surface area contributed by atoms with E-state index in [4.69, 9.17) is 0 Å². The predicted molar refractivity (Wildman–Crippen MR) is 81.5 cm³/mol. The molecule has 0 unspecified atom stereocenters. The second kappa shape index (κ2) is 12.4. The van der Waals surface area contributed by atoms with Gasteiger partial charge in [-0.3, -0.25) is 0 Å². The number of hydrogen-bond donors (Lipinski definition) is 0. The van der Waals surface area contributed by atoms with Crippen LogP contribution in [0.15, 0.2) is 0 Å². The van der Waals surface area contributed by atoms with Crippen LogP contribution < -0.4 is 0 Å². The molecular formula is C16H38N+. The summed E-state index contributed by atoms with van der Waals surface area (Å²) >= 11 is 0. The van der Waals surface area contributed by atoms with E-state index in [-0.39, 0.29) is 7.43 Å². The molecule has 0 saturated carbocycles. The van der Waals surface area contributed by atoms with E-state index in [1.165, 1.54) is 70.8 Å². The first-order valence-electron chi connectivity index (χ1n) is 7.36. The van der Waals surface area contributed by atoms with Crippen LogP contribution in [0.4, 0.5) is 0 Å². The third kappa shape index (κ3) is 18.5. The Morgan fingerprint density at radius 2 is 0.941 bits per heavy atom. The van der Waals surface area contributed by atoms with Crippen molar-refractivity contribution >= 4 is 0 Å². The van der Waals surface area contributed by atoms with Crippen molar-refractivity contribution < 1.29 is 4.48 Å². The Labute approximate surface area is 111 Å². The van der Waals surface area contributed by atoms with E-state index in [0.29, 0.717) is 0 Å². The molecule has 0 bridgehead atoms. The molecule has 0 aromatic rings. The summed E-state index contributed by atoms with van der Waals surface area (Å²) in [5.41, 5.74) is 0. The summed E-state index contributed by atoms with van der Waals surface area (Å²) in [5.74, 6) is 0. The second-order valence-corrected chi connectivity index (χ2v) is 6.20. The highest BCUT2D eigenvalue weighted by Gasteiger charge is 2.04. The van der Waals surface area contributed by atoms with Crippen LogP contribution in [0, 0.1) is 0 Å². The van der Waals surface area contributed by atoms with Gasteiger partial charge in [-0.25, -0.2) is 0 Å². The lowest BCUT2D eigenvalue weighted by Crippen LogP contribution is -2.35. The summed E-state index contributed by atoms with van der Waals surface area (Å²) in [5, 5.41) is 0. The topological polar surface area (TPSA) is 0 Å². The van der Waals surface area contributed by atoms with E-state index in [1.54, 1.807) is 0 Å². The zero-order valence-corrected chi connectivity index (χ0v) is 12.2. The fraction of sp³-hybridized carbons (Fsp3) is 1.00. The van der Waals surface area contributed by atoms with Gasteiger partial charge in [0.2, 0.25) is 0 Å². The largest absolute Gasteiger partial charge is 0.331 e. The Morgan fingerprint density at radius 3 is 1.29 bits per heavy atom. The van der Waals surface area contributed by atoms with Crippen molar-refractivity contribution in [2.45, 2.75) is 78.6 Å². The SMILES string of the molecule is C.CCCCCCCCCCCC[N+](C)(C)C. The van der Waals surface area contributed by atoms with Crippen LogP contribution in [0.3, 0.4) is 0 Å². The summed E-state index contributed by atoms with van der Waals surface area (Å²) in [6.07, 6.45) is 14.4. The first kappa shape index (κ1) is 19.3. The monoisotopic (exact) mass is 244 g/mol. The molecule has 0 amide bonds. The Balaban J connectivity index is 0. The lowest BCUT2D eigenvalue weighted by molar-refractivity contribution is -0.870. The molecule has 0 fully saturated rings. The maximum Gasteiger partial charge on any atom is 0.0780 e. The van der Waals surface area contributed by atoms with Crippen LogP contribution >= 0.6 is 0 Å². The third-order valence-corrected chi connectivity index (χ3v) is 3.18. The molecule has 0 atom stereocenters. The maximum atomic E-state index is 2.29. The van der Waals surface area contributed by atoms with E-state index >= 15 is 0 Å². The van der Waals surface area contributed by atoms with Crippen LogP contribution in [-0.4, -0.2) is 32.2 Å². The molecule has 0 rings (SSSR count). The molecule has 0 aliphatic carbocycles. The van der Waals surface area contributed by atoms with Gasteiger partial charge in [0, 0.05) is 0 Å². The van der Waals surface area contributed by atoms with Gasteiger partial charge in [0.05, 0.1) is 27.7 Å². The Kier molecular flexibility index (Phi) is 14.1. The molecule has 17 heavy (non-hydrogen) atoms. The lowest BCUT2D eigenvalue weighted by atomic mass is 10.1. The summed E-state index contributed by atoms with van der Waals surface area (Å²) in [6.45, 7) is 3.62. The molecular weight excluding hydrogens is 206 g/mol. The summed E-state index contributed by atoms with van der Waals surface area (Å²) < 4.78 is 1.12. The normalized spacial score (nSPS) is 11.3. The average Bonchev–Trinajstić information content (AvgIpc) is 2.19. The maximum absolute atomic E-state index is 2.29. The van der Waals surface area contributed by atoms with Gasteiger partial charge in [0.25, 0.3) is 0 Å². The quantitative estimate of drug-likeness (QED) is 0.344. The molecule has 0 aromatic heterocycles. The standard InChI is InChI=1S/C15H34N.CH4/c1-5-6-7-8-9-10-11-12-13-14-15-16(2,3)4;/h5-15H2,1-4H3;1H4/q+1;. The fourth-order valence-electron chi connectivity index (χ4n) is 2.07. The predicted octanol–water partition coefficient (Wildman–Crippen LogP) is 5.25. The van der Waals surface area contributed by atoms with Gasteiger partial charge >= 0.3 is 0 Å². The van der Waals surface area contributed by atoms with Gasteiger partial charge in [-0.1, -0.05) is 65.7 Å². The van der Waals surface area contributed by atoms with Crippen molar-refractivity contribution in [2.75, 3.05) is 27.7 Å². The molecule has 0 N–H and O–H groups in total. The Morgan fingerprint density at radius 1 is 0.588 bits per heavy atom. The van der Waals surface area contributed by atoms with E-state index in [0.717, 1.165) is 4.48 Å². The molecule has 0 spiro atoms. The zero-order valence-electron chi connectivity index (χ0n) is 12.2. The highest BCUT2D eigenvalue weighted by atomic mass is 15.3. The van der Waals surface area contributed by atoms with Gasteiger partial charge in [0.15, 0.2) is 0 Å². The number of quaternary nitrogens is 1. The minimum Gasteiger partial charge on any atom is -0.331 e. The molecule has 0 heterocycles. The number of rotatable bonds is 11. The van der Waals surface area contributed by atoms with E-state index in [2.05, 4.69) is 28.1 Å². The van der Waals surface area contributed by atoms with Crippen molar-refractivity contribution in [3.05, 3.63) is 0 Å². The lowest BCUT2D eigenvalue weighted by Gasteiger charge is -2.23. The molecule has 106 valence electrons. The van der Waals surface area contributed by atoms with Crippen LogP contribution in [0.1, 0.15) is 78.6 Å². The van der Waals surface area contributed by atoms with E-state index in [1.807, 2.05) is 0 Å². The molecule has 0 aromatic carbocycles. The van der Waals surface area contributed by atoms with Gasteiger partial charge in [0.1, 0.15) is 0 Å². The Bertz CT molecular complexity index is 135. The molecule has 0 aliphatic rings. The van der Waals surface area contributed by atoms with Gasteiger partial charge in [-0.15, -0.1) is 0 Å². The minimum atomic E-state index is 0. The van der Waals surface area contributed by atoms with Crippen molar-refractivity contribution in [2.24, 2.45) is 0 Å². The smallest absolute Gasteiger partial charge is 0.0780 e. The number of unbranched alkanes of at least 4 members (excludes halogenated alkanes) is 9. The zero-order chi connectivity index (χ0) is 12.3. The van der Waals surface area contributed by atoms with Crippen molar-refractivity contribution in [1.82, 2.24) is 0 Å². The second-order valence-electron chi connectivity index (χ2n) is 6.20. The number of nitrogens with zero attached hydrogens (tertiary/aromatic N) is 1. The van der Waals surface area contributed by atoms with Gasteiger partial charge < -0.3 is 4.48 Å². The van der Waals surface area contributed by atoms with Gasteiger partial charge in [-0.2, -0.15) is 0 Å². The highest BCUT2D eigenvalue weighted by molar-refractivity contribution is 4.47. The van der Waals surface area contributed by atoms with Crippen LogP contribution in [0.2, 0.25) is 0 Å². The molecule has 0 radical (unpaired) electrons. The van der Waals surface area contributed by atoms with E-state index in [9.17, 15) is 0 Å². The first-order chi connectivity index (χ1) is 7.56. The molecule has 0 aliphatic heterocycles.